The number of benzene rings is 1. The van der Waals surface area contributed by atoms with Gasteiger partial charge in [0.2, 0.25) is 0 Å². The summed E-state index contributed by atoms with van der Waals surface area (Å²) in [6.07, 6.45) is 0. The van der Waals surface area contributed by atoms with Crippen LogP contribution in [0.4, 0.5) is 14.9 Å². The number of nitrogens with zero attached hydrogens (tertiary/aromatic N) is 1. The van der Waals surface area contributed by atoms with Crippen LogP contribution in [-0.4, -0.2) is 46.2 Å². The summed E-state index contributed by atoms with van der Waals surface area (Å²) in [5, 5.41) is 19.4. The number of para-hydroxylation sites is 1. The summed E-state index contributed by atoms with van der Waals surface area (Å²) in [5.74, 6) is -3.43. The number of halogens is 1. The predicted octanol–water partition coefficient (Wildman–Crippen LogP) is 1.14. The summed E-state index contributed by atoms with van der Waals surface area (Å²) in [6.45, 7) is -0.0469. The van der Waals surface area contributed by atoms with Crippen LogP contribution in [0, 0.1) is 12.7 Å². The maximum Gasteiger partial charge on any atom is 0.323 e. The number of hydrogen-bond donors (Lipinski definition) is 3. The molecule has 0 aliphatic carbocycles. The monoisotopic (exact) mass is 284 g/mol. The van der Waals surface area contributed by atoms with Gasteiger partial charge in [-0.1, -0.05) is 12.1 Å². The number of carbonyl (C=O) groups excluding carboxylic acids is 1. The van der Waals surface area contributed by atoms with Gasteiger partial charge < -0.3 is 20.4 Å². The minimum Gasteiger partial charge on any atom is -0.480 e. The van der Waals surface area contributed by atoms with Crippen molar-refractivity contribution < 1.29 is 29.0 Å². The molecule has 7 nitrogen and oxygen atoms in total. The number of carboxylic acid groups (broad SMARTS) is 2. The molecular weight excluding hydrogens is 271 g/mol. The molecule has 1 aromatic rings. The third kappa shape index (κ3) is 4.23. The minimum atomic E-state index is -1.37. The van der Waals surface area contributed by atoms with E-state index in [1.165, 1.54) is 6.07 Å². The molecule has 3 N–H and O–H groups in total. The molecule has 0 saturated heterocycles. The molecule has 0 aliphatic heterocycles. The molecule has 0 fully saturated rings. The van der Waals surface area contributed by atoms with Crippen molar-refractivity contribution in [1.29, 1.82) is 0 Å². The maximum absolute atomic E-state index is 13.5. The van der Waals surface area contributed by atoms with Crippen LogP contribution in [0.1, 0.15) is 5.56 Å². The molecule has 108 valence electrons. The average molecular weight is 284 g/mol. The van der Waals surface area contributed by atoms with Gasteiger partial charge in [0.25, 0.3) is 0 Å². The van der Waals surface area contributed by atoms with Crippen LogP contribution in [0.3, 0.4) is 0 Å². The Morgan fingerprint density at radius 2 is 1.75 bits per heavy atom. The Kier molecular flexibility index (Phi) is 5.01. The Hall–Kier alpha value is -2.64. The van der Waals surface area contributed by atoms with E-state index in [0.29, 0.717) is 10.5 Å². The molecule has 8 heteroatoms. The van der Waals surface area contributed by atoms with Crippen molar-refractivity contribution >= 4 is 23.7 Å². The maximum atomic E-state index is 13.5. The second kappa shape index (κ2) is 6.50. The second-order valence-electron chi connectivity index (χ2n) is 4.01. The Bertz CT molecular complexity index is 510. The Morgan fingerprint density at radius 3 is 2.20 bits per heavy atom. The lowest BCUT2D eigenvalue weighted by Crippen LogP contribution is -2.42. The zero-order valence-electron chi connectivity index (χ0n) is 10.6. The molecule has 1 aromatic carbocycles. The van der Waals surface area contributed by atoms with Crippen LogP contribution in [-0.2, 0) is 9.59 Å². The highest BCUT2D eigenvalue weighted by molar-refractivity contribution is 5.94. The molecule has 0 unspecified atom stereocenters. The first-order chi connectivity index (χ1) is 9.31. The zero-order chi connectivity index (χ0) is 15.3. The smallest absolute Gasteiger partial charge is 0.323 e. The van der Waals surface area contributed by atoms with Gasteiger partial charge in [-0.2, -0.15) is 0 Å². The normalized spacial score (nSPS) is 9.90. The summed E-state index contributed by atoms with van der Waals surface area (Å²) in [4.78, 5) is 33.5. The standard InChI is InChI=1S/C12H13FN2O5/c1-7-3-2-4-8(13)11(7)14-12(20)15(5-9(16)17)6-10(18)19/h2-4H,5-6H2,1H3,(H,14,20)(H,16,17)(H,18,19). The summed E-state index contributed by atoms with van der Waals surface area (Å²) in [6, 6.07) is 3.13. The lowest BCUT2D eigenvalue weighted by atomic mass is 10.2. The van der Waals surface area contributed by atoms with Crippen molar-refractivity contribution in [2.45, 2.75) is 6.92 Å². The number of nitrogens with one attached hydrogen (secondary N) is 1. The highest BCUT2D eigenvalue weighted by Gasteiger charge is 2.21. The molecule has 0 spiro atoms. The summed E-state index contributed by atoms with van der Waals surface area (Å²) >= 11 is 0. The van der Waals surface area contributed by atoms with Crippen molar-refractivity contribution in [2.75, 3.05) is 18.4 Å². The first-order valence-corrected chi connectivity index (χ1v) is 5.56. The lowest BCUT2D eigenvalue weighted by Gasteiger charge is -2.20. The van der Waals surface area contributed by atoms with Crippen molar-refractivity contribution in [3.8, 4) is 0 Å². The van der Waals surface area contributed by atoms with E-state index in [0.717, 1.165) is 6.07 Å². The molecule has 0 aliphatic rings. The van der Waals surface area contributed by atoms with Gasteiger partial charge in [0.15, 0.2) is 0 Å². The van der Waals surface area contributed by atoms with E-state index in [-0.39, 0.29) is 5.69 Å². The van der Waals surface area contributed by atoms with E-state index in [9.17, 15) is 18.8 Å². The zero-order valence-corrected chi connectivity index (χ0v) is 10.6. The number of rotatable bonds is 5. The molecule has 0 heterocycles. The molecule has 0 bridgehead atoms. The quantitative estimate of drug-likeness (QED) is 0.751. The van der Waals surface area contributed by atoms with Crippen molar-refractivity contribution in [3.63, 3.8) is 0 Å². The highest BCUT2D eigenvalue weighted by atomic mass is 19.1. The van der Waals surface area contributed by atoms with Crippen LogP contribution in [0.2, 0.25) is 0 Å². The molecular formula is C12H13FN2O5. The molecule has 0 radical (unpaired) electrons. The third-order valence-corrected chi connectivity index (χ3v) is 2.39. The fraction of sp³-hybridized carbons (Fsp3) is 0.250. The van der Waals surface area contributed by atoms with Gasteiger partial charge >= 0.3 is 18.0 Å². The second-order valence-corrected chi connectivity index (χ2v) is 4.01. The van der Waals surface area contributed by atoms with Gasteiger partial charge in [0, 0.05) is 0 Å². The number of aliphatic carboxylic acids is 2. The van der Waals surface area contributed by atoms with Crippen LogP contribution < -0.4 is 5.32 Å². The van der Waals surface area contributed by atoms with Crippen molar-refractivity contribution in [2.24, 2.45) is 0 Å². The fourth-order valence-corrected chi connectivity index (χ4v) is 1.50. The van der Waals surface area contributed by atoms with Gasteiger partial charge in [0.1, 0.15) is 18.9 Å². The number of urea groups is 1. The predicted molar refractivity (Wildman–Crippen MR) is 67.0 cm³/mol. The van der Waals surface area contributed by atoms with E-state index in [2.05, 4.69) is 5.32 Å². The number of anilines is 1. The minimum absolute atomic E-state index is 0.113. The van der Waals surface area contributed by atoms with E-state index in [1.807, 2.05) is 0 Å². The van der Waals surface area contributed by atoms with Crippen LogP contribution in [0.5, 0.6) is 0 Å². The highest BCUT2D eigenvalue weighted by Crippen LogP contribution is 2.19. The number of amides is 2. The first-order valence-electron chi connectivity index (χ1n) is 5.56. The fourth-order valence-electron chi connectivity index (χ4n) is 1.50. The number of carboxylic acids is 2. The Balaban J connectivity index is 2.90. The molecule has 0 aromatic heterocycles. The molecule has 0 atom stereocenters. The molecule has 20 heavy (non-hydrogen) atoms. The van der Waals surface area contributed by atoms with E-state index in [1.54, 1.807) is 13.0 Å². The van der Waals surface area contributed by atoms with Crippen LogP contribution in [0.25, 0.3) is 0 Å². The van der Waals surface area contributed by atoms with Gasteiger partial charge in [-0.25, -0.2) is 9.18 Å². The number of carbonyl (C=O) groups is 3. The van der Waals surface area contributed by atoms with Gasteiger partial charge in [0.05, 0.1) is 5.69 Å². The van der Waals surface area contributed by atoms with E-state index < -0.39 is 36.9 Å². The topological polar surface area (TPSA) is 107 Å². The molecule has 2 amide bonds. The lowest BCUT2D eigenvalue weighted by molar-refractivity contribution is -0.140. The summed E-state index contributed by atoms with van der Waals surface area (Å²) in [7, 11) is 0. The third-order valence-electron chi connectivity index (χ3n) is 2.39. The number of hydrogen-bond acceptors (Lipinski definition) is 3. The van der Waals surface area contributed by atoms with E-state index in [4.69, 9.17) is 10.2 Å². The Labute approximate surface area is 113 Å². The largest absolute Gasteiger partial charge is 0.480 e. The SMILES string of the molecule is Cc1cccc(F)c1NC(=O)N(CC(=O)O)CC(=O)O. The van der Waals surface area contributed by atoms with Gasteiger partial charge in [-0.15, -0.1) is 0 Å². The Morgan fingerprint density at radius 1 is 1.20 bits per heavy atom. The van der Waals surface area contributed by atoms with Crippen molar-refractivity contribution in [1.82, 2.24) is 4.90 Å². The summed E-state index contributed by atoms with van der Waals surface area (Å²) in [5.41, 5.74) is 0.322. The average Bonchev–Trinajstić information content (AvgIpc) is 2.31. The van der Waals surface area contributed by atoms with Crippen LogP contribution >= 0.6 is 0 Å². The molecule has 1 rings (SSSR count). The molecule has 0 saturated carbocycles. The number of aryl methyl sites for hydroxylation is 1. The first kappa shape index (κ1) is 15.4. The van der Waals surface area contributed by atoms with E-state index >= 15 is 0 Å². The van der Waals surface area contributed by atoms with Crippen LogP contribution in [0.15, 0.2) is 18.2 Å². The van der Waals surface area contributed by atoms with Gasteiger partial charge in [-0.05, 0) is 18.6 Å². The van der Waals surface area contributed by atoms with Crippen molar-refractivity contribution in [3.05, 3.63) is 29.6 Å². The van der Waals surface area contributed by atoms with Gasteiger partial charge in [-0.3, -0.25) is 9.59 Å². The summed E-state index contributed by atoms with van der Waals surface area (Å²) < 4.78 is 13.5.